The maximum Gasteiger partial charge on any atom is 0.241 e. The number of nitrogens with zero attached hydrogens (tertiary/aromatic N) is 5. The predicted molar refractivity (Wildman–Crippen MR) is 126 cm³/mol. The van der Waals surface area contributed by atoms with Gasteiger partial charge in [-0.2, -0.15) is 0 Å². The summed E-state index contributed by atoms with van der Waals surface area (Å²) in [7, 11) is 0. The summed E-state index contributed by atoms with van der Waals surface area (Å²) >= 11 is 0. The van der Waals surface area contributed by atoms with Crippen LogP contribution in [0.5, 0.6) is 0 Å². The van der Waals surface area contributed by atoms with Gasteiger partial charge in [0, 0.05) is 48.5 Å². The van der Waals surface area contributed by atoms with Crippen LogP contribution in [0.2, 0.25) is 0 Å². The number of hydrogen-bond acceptors (Lipinski definition) is 6. The van der Waals surface area contributed by atoms with Gasteiger partial charge >= 0.3 is 0 Å². The summed E-state index contributed by atoms with van der Waals surface area (Å²) in [5.41, 5.74) is 4.30. The zero-order valence-electron chi connectivity index (χ0n) is 18.2. The molecule has 4 aromatic rings. The van der Waals surface area contributed by atoms with Crippen LogP contribution in [0, 0.1) is 0 Å². The molecule has 0 unspecified atom stereocenters. The number of aromatic nitrogens is 4. The van der Waals surface area contributed by atoms with Crippen molar-refractivity contribution in [1.82, 2.24) is 24.5 Å². The summed E-state index contributed by atoms with van der Waals surface area (Å²) in [4.78, 5) is 11.7. The molecule has 2 aliphatic rings. The number of fused-ring (bicyclic) bond motifs is 2. The molecule has 1 aliphatic carbocycles. The molecule has 0 amide bonds. The molecule has 1 aliphatic heterocycles. The Bertz CT molecular complexity index is 1220. The number of anilines is 1. The lowest BCUT2D eigenvalue weighted by Gasteiger charge is -2.38. The predicted octanol–water partition coefficient (Wildman–Crippen LogP) is 4.00. The van der Waals surface area contributed by atoms with Gasteiger partial charge in [0.25, 0.3) is 0 Å². The van der Waals surface area contributed by atoms with Crippen LogP contribution < -0.4 is 5.32 Å². The van der Waals surface area contributed by atoms with Crippen LogP contribution in [0.15, 0.2) is 55.0 Å². The first-order valence-electron chi connectivity index (χ1n) is 11.6. The second kappa shape index (κ2) is 8.48. The minimum atomic E-state index is 0.438. The fourth-order valence-corrected chi connectivity index (χ4v) is 5.16. The monoisotopic (exact) mass is 428 g/mol. The van der Waals surface area contributed by atoms with Crippen LogP contribution in [-0.4, -0.2) is 62.9 Å². The van der Waals surface area contributed by atoms with Gasteiger partial charge in [-0.1, -0.05) is 12.1 Å². The Labute approximate surface area is 187 Å². The van der Waals surface area contributed by atoms with Crippen molar-refractivity contribution in [3.05, 3.63) is 55.0 Å². The molecule has 0 spiro atoms. The highest BCUT2D eigenvalue weighted by Gasteiger charge is 2.27. The van der Waals surface area contributed by atoms with E-state index in [1.54, 1.807) is 0 Å². The van der Waals surface area contributed by atoms with E-state index in [0.29, 0.717) is 18.0 Å². The lowest BCUT2D eigenvalue weighted by molar-refractivity contribution is 0.00790. The molecule has 1 saturated carbocycles. The highest BCUT2D eigenvalue weighted by molar-refractivity contribution is 5.88. The number of rotatable bonds is 4. The lowest BCUT2D eigenvalue weighted by atomic mass is 9.90. The van der Waals surface area contributed by atoms with Gasteiger partial charge in [-0.15, -0.1) is 5.10 Å². The minimum Gasteiger partial charge on any atom is -0.379 e. The molecular formula is C25H28N6O. The molecule has 0 atom stereocenters. The van der Waals surface area contributed by atoms with Gasteiger partial charge in [0.2, 0.25) is 5.95 Å². The lowest BCUT2D eigenvalue weighted by Crippen LogP contribution is -2.46. The van der Waals surface area contributed by atoms with E-state index >= 15 is 0 Å². The van der Waals surface area contributed by atoms with Gasteiger partial charge < -0.3 is 10.1 Å². The van der Waals surface area contributed by atoms with E-state index in [9.17, 15) is 0 Å². The molecule has 0 bridgehead atoms. The second-order valence-electron chi connectivity index (χ2n) is 8.85. The van der Waals surface area contributed by atoms with Crippen LogP contribution in [0.4, 0.5) is 5.95 Å². The highest BCUT2D eigenvalue weighted by atomic mass is 16.5. The minimum absolute atomic E-state index is 0.438. The summed E-state index contributed by atoms with van der Waals surface area (Å²) in [5.74, 6) is 0.706. The number of ether oxygens (including phenoxy) is 1. The zero-order chi connectivity index (χ0) is 21.3. The average Bonchev–Trinajstić information content (AvgIpc) is 3.28. The molecule has 164 valence electrons. The Balaban J connectivity index is 1.16. The summed E-state index contributed by atoms with van der Waals surface area (Å²) in [6, 6.07) is 13.7. The van der Waals surface area contributed by atoms with Gasteiger partial charge in [-0.05, 0) is 55.5 Å². The third-order valence-corrected chi connectivity index (χ3v) is 6.92. The summed E-state index contributed by atoms with van der Waals surface area (Å²) in [5, 5.41) is 9.45. The Kier molecular flexibility index (Phi) is 5.21. The quantitative estimate of drug-likeness (QED) is 0.530. The number of hydrogen-bond donors (Lipinski definition) is 1. The second-order valence-corrected chi connectivity index (χ2v) is 8.85. The van der Waals surface area contributed by atoms with Gasteiger partial charge in [-0.3, -0.25) is 9.88 Å². The molecular weight excluding hydrogens is 400 g/mol. The summed E-state index contributed by atoms with van der Waals surface area (Å²) in [6.07, 6.45) is 10.5. The van der Waals surface area contributed by atoms with E-state index < -0.39 is 0 Å². The number of benzene rings is 1. The third kappa shape index (κ3) is 3.82. The van der Waals surface area contributed by atoms with Crippen molar-refractivity contribution in [3.63, 3.8) is 0 Å². The molecule has 2 fully saturated rings. The van der Waals surface area contributed by atoms with Gasteiger partial charge in [0.15, 0.2) is 0 Å². The first-order chi connectivity index (χ1) is 15.8. The van der Waals surface area contributed by atoms with Crippen LogP contribution in [-0.2, 0) is 4.74 Å². The van der Waals surface area contributed by atoms with E-state index in [-0.39, 0.29) is 0 Å². The highest BCUT2D eigenvalue weighted by Crippen LogP contribution is 2.29. The Morgan fingerprint density at radius 2 is 1.84 bits per heavy atom. The van der Waals surface area contributed by atoms with Gasteiger partial charge in [0.1, 0.15) is 0 Å². The van der Waals surface area contributed by atoms with Crippen molar-refractivity contribution in [1.29, 1.82) is 0 Å². The maximum absolute atomic E-state index is 5.50. The van der Waals surface area contributed by atoms with Gasteiger partial charge in [-0.25, -0.2) is 9.50 Å². The van der Waals surface area contributed by atoms with Crippen molar-refractivity contribution in [2.45, 2.75) is 37.8 Å². The third-order valence-electron chi connectivity index (χ3n) is 6.92. The van der Waals surface area contributed by atoms with Crippen molar-refractivity contribution in [3.8, 4) is 11.1 Å². The van der Waals surface area contributed by atoms with E-state index in [2.05, 4.69) is 50.5 Å². The Hall–Kier alpha value is -3.03. The van der Waals surface area contributed by atoms with Crippen molar-refractivity contribution in [2.24, 2.45) is 0 Å². The first-order valence-corrected chi connectivity index (χ1v) is 11.6. The van der Waals surface area contributed by atoms with Crippen LogP contribution in [0.1, 0.15) is 25.7 Å². The topological polar surface area (TPSA) is 67.6 Å². The number of nitrogens with one attached hydrogen (secondary N) is 1. The smallest absolute Gasteiger partial charge is 0.241 e. The Morgan fingerprint density at radius 1 is 0.969 bits per heavy atom. The first kappa shape index (κ1) is 19.6. The van der Waals surface area contributed by atoms with E-state index in [1.165, 1.54) is 12.8 Å². The number of pyridine rings is 1. The fraction of sp³-hybridized carbons (Fsp3) is 0.400. The normalized spacial score (nSPS) is 22.4. The van der Waals surface area contributed by atoms with Crippen molar-refractivity contribution >= 4 is 22.4 Å². The molecule has 4 heterocycles. The molecule has 7 nitrogen and oxygen atoms in total. The molecule has 32 heavy (non-hydrogen) atoms. The molecule has 1 aromatic carbocycles. The van der Waals surface area contributed by atoms with E-state index in [4.69, 9.17) is 9.84 Å². The molecule has 3 aromatic heterocycles. The van der Waals surface area contributed by atoms with Gasteiger partial charge in [0.05, 0.1) is 30.4 Å². The molecule has 1 saturated heterocycles. The van der Waals surface area contributed by atoms with Crippen LogP contribution >= 0.6 is 0 Å². The zero-order valence-corrected chi connectivity index (χ0v) is 18.2. The maximum atomic E-state index is 5.50. The largest absolute Gasteiger partial charge is 0.379 e. The van der Waals surface area contributed by atoms with E-state index in [1.807, 2.05) is 29.2 Å². The molecule has 1 N–H and O–H groups in total. The van der Waals surface area contributed by atoms with E-state index in [0.717, 1.165) is 66.7 Å². The van der Waals surface area contributed by atoms with Crippen LogP contribution in [0.25, 0.3) is 27.5 Å². The average molecular weight is 429 g/mol. The Morgan fingerprint density at radius 3 is 2.72 bits per heavy atom. The van der Waals surface area contributed by atoms with Crippen LogP contribution in [0.3, 0.4) is 0 Å². The SMILES string of the molecule is c1cnc2ccc(-c3ccn4nc(N[C@H]5CC[C@H](N6CCOCC6)CC5)ncc34)cc2c1. The molecule has 6 rings (SSSR count). The fourth-order valence-electron chi connectivity index (χ4n) is 5.16. The summed E-state index contributed by atoms with van der Waals surface area (Å²) in [6.45, 7) is 3.90. The number of morpholine rings is 1. The molecule has 0 radical (unpaired) electrons. The van der Waals surface area contributed by atoms with Crippen molar-refractivity contribution < 1.29 is 4.74 Å². The van der Waals surface area contributed by atoms with Crippen molar-refractivity contribution in [2.75, 3.05) is 31.6 Å². The molecule has 7 heteroatoms. The standard InChI is InChI=1S/C25H28N6O/c1-2-19-16-18(3-8-23(19)26-10-1)22-9-11-31-24(22)17-27-25(29-31)28-20-4-6-21(7-5-20)30-12-14-32-15-13-30/h1-3,8-11,16-17,20-21H,4-7,12-15H2,(H,28,29)/t20-,21-. The summed E-state index contributed by atoms with van der Waals surface area (Å²) < 4.78 is 7.43.